The van der Waals surface area contributed by atoms with Crippen LogP contribution in [0.5, 0.6) is 0 Å². The topological polar surface area (TPSA) is 69.6 Å². The molecule has 90 valence electrons. The summed E-state index contributed by atoms with van der Waals surface area (Å²) in [4.78, 5) is 12.9. The third kappa shape index (κ3) is 1.79. The molecular formula is C12H10BrN5. The summed E-state index contributed by atoms with van der Waals surface area (Å²) < 4.78 is 2.84. The molecule has 0 unspecified atom stereocenters. The van der Waals surface area contributed by atoms with E-state index >= 15 is 0 Å². The van der Waals surface area contributed by atoms with Crippen molar-refractivity contribution in [3.8, 4) is 5.69 Å². The van der Waals surface area contributed by atoms with Gasteiger partial charge in [0, 0.05) is 29.3 Å². The Labute approximate surface area is 112 Å². The van der Waals surface area contributed by atoms with Crippen molar-refractivity contribution in [2.45, 2.75) is 6.54 Å². The van der Waals surface area contributed by atoms with Gasteiger partial charge in [-0.15, -0.1) is 0 Å². The highest BCUT2D eigenvalue weighted by Crippen LogP contribution is 2.22. The van der Waals surface area contributed by atoms with Crippen LogP contribution in [0.2, 0.25) is 0 Å². The lowest BCUT2D eigenvalue weighted by atomic mass is 10.3. The molecule has 3 aromatic rings. The summed E-state index contributed by atoms with van der Waals surface area (Å²) in [7, 11) is 0. The minimum Gasteiger partial charge on any atom is -0.324 e. The predicted octanol–water partition coefficient (Wildman–Crippen LogP) is 2.04. The first-order valence-corrected chi connectivity index (χ1v) is 6.22. The van der Waals surface area contributed by atoms with Gasteiger partial charge in [-0.2, -0.15) is 0 Å². The number of fused-ring (bicyclic) bond motifs is 1. The number of rotatable bonds is 2. The molecule has 0 fully saturated rings. The Balaban J connectivity index is 2.29. The monoisotopic (exact) mass is 303 g/mol. The van der Waals surface area contributed by atoms with E-state index in [1.54, 1.807) is 18.6 Å². The fourth-order valence-corrected chi connectivity index (χ4v) is 2.21. The fourth-order valence-electron chi connectivity index (χ4n) is 1.89. The van der Waals surface area contributed by atoms with Crippen molar-refractivity contribution in [2.24, 2.45) is 5.73 Å². The molecule has 2 N–H and O–H groups in total. The van der Waals surface area contributed by atoms with Crippen molar-refractivity contribution in [2.75, 3.05) is 0 Å². The predicted molar refractivity (Wildman–Crippen MR) is 72.3 cm³/mol. The summed E-state index contributed by atoms with van der Waals surface area (Å²) in [5.41, 5.74) is 8.27. The SMILES string of the molecule is NCc1nccn1-c1ccnc2cc(Br)cnc12. The lowest BCUT2D eigenvalue weighted by Crippen LogP contribution is -2.07. The number of pyridine rings is 2. The van der Waals surface area contributed by atoms with Crippen molar-refractivity contribution in [3.63, 3.8) is 0 Å². The molecule has 0 bridgehead atoms. The van der Waals surface area contributed by atoms with E-state index in [1.807, 2.05) is 22.9 Å². The minimum absolute atomic E-state index is 0.382. The lowest BCUT2D eigenvalue weighted by Gasteiger charge is -2.08. The van der Waals surface area contributed by atoms with Crippen LogP contribution in [0.25, 0.3) is 16.7 Å². The maximum absolute atomic E-state index is 5.67. The molecule has 0 saturated carbocycles. The van der Waals surface area contributed by atoms with Gasteiger partial charge in [-0.1, -0.05) is 0 Å². The maximum Gasteiger partial charge on any atom is 0.127 e. The van der Waals surface area contributed by atoms with Crippen LogP contribution in [0, 0.1) is 0 Å². The highest BCUT2D eigenvalue weighted by atomic mass is 79.9. The second-order valence-corrected chi connectivity index (χ2v) is 4.68. The number of hydrogen-bond donors (Lipinski definition) is 1. The average molecular weight is 304 g/mol. The number of nitrogens with zero attached hydrogens (tertiary/aromatic N) is 4. The Morgan fingerprint density at radius 1 is 1.22 bits per heavy atom. The van der Waals surface area contributed by atoms with Gasteiger partial charge in [-0.05, 0) is 28.1 Å². The Hall–Kier alpha value is -1.79. The van der Waals surface area contributed by atoms with E-state index in [1.165, 1.54) is 0 Å². The molecule has 3 rings (SSSR count). The van der Waals surface area contributed by atoms with E-state index < -0.39 is 0 Å². The lowest BCUT2D eigenvalue weighted by molar-refractivity contribution is 0.869. The van der Waals surface area contributed by atoms with Crippen LogP contribution in [0.1, 0.15) is 5.82 Å². The zero-order chi connectivity index (χ0) is 12.5. The first-order chi connectivity index (χ1) is 8.79. The molecule has 0 radical (unpaired) electrons. The van der Waals surface area contributed by atoms with Crippen LogP contribution >= 0.6 is 15.9 Å². The number of hydrogen-bond acceptors (Lipinski definition) is 4. The second kappa shape index (κ2) is 4.47. The highest BCUT2D eigenvalue weighted by Gasteiger charge is 2.09. The Morgan fingerprint density at radius 2 is 2.11 bits per heavy atom. The molecule has 18 heavy (non-hydrogen) atoms. The van der Waals surface area contributed by atoms with Crippen LogP contribution in [0.15, 0.2) is 41.4 Å². The van der Waals surface area contributed by atoms with Gasteiger partial charge in [0.05, 0.1) is 17.7 Å². The van der Waals surface area contributed by atoms with Gasteiger partial charge in [0.1, 0.15) is 11.3 Å². The summed E-state index contributed by atoms with van der Waals surface area (Å²) in [6, 6.07) is 3.84. The van der Waals surface area contributed by atoms with Crippen molar-refractivity contribution >= 4 is 27.0 Å². The first-order valence-electron chi connectivity index (χ1n) is 5.42. The van der Waals surface area contributed by atoms with E-state index in [4.69, 9.17) is 5.73 Å². The molecule has 3 aromatic heterocycles. The van der Waals surface area contributed by atoms with E-state index in [9.17, 15) is 0 Å². The number of halogens is 1. The quantitative estimate of drug-likeness (QED) is 0.786. The van der Waals surface area contributed by atoms with Gasteiger partial charge >= 0.3 is 0 Å². The normalized spacial score (nSPS) is 11.0. The molecule has 0 saturated heterocycles. The Bertz CT molecular complexity index is 707. The average Bonchev–Trinajstić information content (AvgIpc) is 2.85. The third-order valence-electron chi connectivity index (χ3n) is 2.68. The zero-order valence-corrected chi connectivity index (χ0v) is 11.0. The molecule has 5 nitrogen and oxygen atoms in total. The molecule has 0 aliphatic carbocycles. The largest absolute Gasteiger partial charge is 0.324 e. The summed E-state index contributed by atoms with van der Waals surface area (Å²) in [5.74, 6) is 0.798. The van der Waals surface area contributed by atoms with Gasteiger partial charge in [-0.25, -0.2) is 4.98 Å². The van der Waals surface area contributed by atoms with Gasteiger partial charge in [0.25, 0.3) is 0 Å². The Kier molecular flexibility index (Phi) is 2.81. The molecule has 0 aromatic carbocycles. The van der Waals surface area contributed by atoms with Gasteiger partial charge in [0.15, 0.2) is 0 Å². The van der Waals surface area contributed by atoms with Crippen LogP contribution in [-0.4, -0.2) is 19.5 Å². The molecule has 0 aliphatic heterocycles. The zero-order valence-electron chi connectivity index (χ0n) is 9.42. The van der Waals surface area contributed by atoms with Crippen LogP contribution in [0.4, 0.5) is 0 Å². The molecule has 0 amide bonds. The number of imidazole rings is 1. The van der Waals surface area contributed by atoms with E-state index in [0.717, 1.165) is 27.0 Å². The third-order valence-corrected chi connectivity index (χ3v) is 3.12. The molecule has 6 heteroatoms. The molecular weight excluding hydrogens is 294 g/mol. The van der Waals surface area contributed by atoms with Gasteiger partial charge < -0.3 is 10.3 Å². The molecule has 0 aliphatic rings. The van der Waals surface area contributed by atoms with E-state index in [-0.39, 0.29) is 0 Å². The summed E-state index contributed by atoms with van der Waals surface area (Å²) in [6.07, 6.45) is 7.12. The Morgan fingerprint density at radius 3 is 2.94 bits per heavy atom. The smallest absolute Gasteiger partial charge is 0.127 e. The molecule has 0 atom stereocenters. The fraction of sp³-hybridized carbons (Fsp3) is 0.0833. The minimum atomic E-state index is 0.382. The van der Waals surface area contributed by atoms with E-state index in [2.05, 4.69) is 30.9 Å². The first kappa shape index (κ1) is 11.3. The van der Waals surface area contributed by atoms with Crippen molar-refractivity contribution < 1.29 is 0 Å². The van der Waals surface area contributed by atoms with Crippen LogP contribution < -0.4 is 5.73 Å². The highest BCUT2D eigenvalue weighted by molar-refractivity contribution is 9.10. The van der Waals surface area contributed by atoms with Crippen molar-refractivity contribution in [3.05, 3.63) is 47.2 Å². The summed E-state index contributed by atoms with van der Waals surface area (Å²) in [6.45, 7) is 0.382. The van der Waals surface area contributed by atoms with Crippen LogP contribution in [0.3, 0.4) is 0 Å². The van der Waals surface area contributed by atoms with Crippen molar-refractivity contribution in [1.82, 2.24) is 19.5 Å². The van der Waals surface area contributed by atoms with Crippen LogP contribution in [-0.2, 0) is 6.54 Å². The number of nitrogens with two attached hydrogens (primary N) is 1. The number of aromatic nitrogens is 4. The summed E-state index contributed by atoms with van der Waals surface area (Å²) in [5, 5.41) is 0. The summed E-state index contributed by atoms with van der Waals surface area (Å²) >= 11 is 3.39. The molecule has 3 heterocycles. The maximum atomic E-state index is 5.67. The van der Waals surface area contributed by atoms with Gasteiger partial charge in [-0.3, -0.25) is 9.97 Å². The van der Waals surface area contributed by atoms with Crippen molar-refractivity contribution in [1.29, 1.82) is 0 Å². The second-order valence-electron chi connectivity index (χ2n) is 3.77. The van der Waals surface area contributed by atoms with Gasteiger partial charge in [0.2, 0.25) is 0 Å². The molecule has 0 spiro atoms. The van der Waals surface area contributed by atoms with E-state index in [0.29, 0.717) is 6.54 Å². The standard InChI is InChI=1S/C12H10BrN5/c13-8-5-9-12(17-7-8)10(1-2-15-9)18-4-3-16-11(18)6-14/h1-5,7H,6,14H2.